The number of aromatic carboxylic acids is 1. The van der Waals surface area contributed by atoms with Crippen LogP contribution in [0.15, 0.2) is 22.7 Å². The Morgan fingerprint density at radius 1 is 1.42 bits per heavy atom. The number of benzene rings is 1. The van der Waals surface area contributed by atoms with Crippen LogP contribution >= 0.6 is 27.5 Å². The van der Waals surface area contributed by atoms with Crippen LogP contribution in [-0.4, -0.2) is 20.9 Å². The predicted molar refractivity (Wildman–Crippen MR) is 75.3 cm³/mol. The Hall–Kier alpha value is -1.33. The van der Waals surface area contributed by atoms with Crippen molar-refractivity contribution in [3.05, 3.63) is 44.6 Å². The number of carbonyl (C=O) groups is 1. The minimum Gasteiger partial charge on any atom is -0.476 e. The molecule has 0 unspecified atom stereocenters. The molecule has 0 amide bonds. The average Bonchev–Trinajstić information content (AvgIpc) is 2.90. The van der Waals surface area contributed by atoms with E-state index in [2.05, 4.69) is 21.0 Å². The van der Waals surface area contributed by atoms with Gasteiger partial charge in [0.1, 0.15) is 0 Å². The lowest BCUT2D eigenvalue weighted by molar-refractivity contribution is 0.0689. The van der Waals surface area contributed by atoms with Crippen molar-refractivity contribution in [1.82, 2.24) is 9.78 Å². The van der Waals surface area contributed by atoms with E-state index in [-0.39, 0.29) is 5.69 Å². The van der Waals surface area contributed by atoms with E-state index in [1.165, 1.54) is 0 Å². The zero-order valence-electron chi connectivity index (χ0n) is 9.86. The molecule has 1 aromatic heterocycles. The van der Waals surface area contributed by atoms with Crippen LogP contribution in [0.1, 0.15) is 28.2 Å². The highest BCUT2D eigenvalue weighted by molar-refractivity contribution is 9.10. The fourth-order valence-electron chi connectivity index (χ4n) is 2.46. The first kappa shape index (κ1) is 12.7. The molecule has 2 aromatic rings. The Labute approximate surface area is 123 Å². The fraction of sp³-hybridized carbons (Fsp3) is 0.231. The number of hydrogen-bond donors (Lipinski definition) is 1. The van der Waals surface area contributed by atoms with Crippen molar-refractivity contribution >= 4 is 33.5 Å². The number of fused-ring (bicyclic) bond motifs is 1. The molecule has 0 fully saturated rings. The van der Waals surface area contributed by atoms with Crippen LogP contribution in [0.5, 0.6) is 0 Å². The molecule has 3 rings (SSSR count). The topological polar surface area (TPSA) is 55.1 Å². The Balaban J connectivity index is 2.21. The predicted octanol–water partition coefficient (Wildman–Crippen LogP) is 3.48. The van der Waals surface area contributed by atoms with Crippen LogP contribution in [0.3, 0.4) is 0 Å². The summed E-state index contributed by atoms with van der Waals surface area (Å²) >= 11 is 9.57. The highest BCUT2D eigenvalue weighted by Gasteiger charge is 2.27. The molecule has 1 aliphatic rings. The van der Waals surface area contributed by atoms with Gasteiger partial charge in [0.2, 0.25) is 0 Å². The fourth-order valence-corrected chi connectivity index (χ4v) is 3.21. The minimum atomic E-state index is -0.981. The lowest BCUT2D eigenvalue weighted by Crippen LogP contribution is -2.05. The number of halogens is 2. The van der Waals surface area contributed by atoms with Crippen LogP contribution in [0, 0.1) is 0 Å². The first-order valence-corrected chi connectivity index (χ1v) is 7.04. The second-order valence-electron chi connectivity index (χ2n) is 4.44. The van der Waals surface area contributed by atoms with Crippen molar-refractivity contribution in [2.45, 2.75) is 19.3 Å². The number of nitrogens with zero attached hydrogens (tertiary/aromatic N) is 2. The molecule has 0 aliphatic heterocycles. The largest absolute Gasteiger partial charge is 0.476 e. The third-order valence-corrected chi connectivity index (χ3v) is 4.07. The van der Waals surface area contributed by atoms with Crippen molar-refractivity contribution in [1.29, 1.82) is 0 Å². The van der Waals surface area contributed by atoms with Gasteiger partial charge in [0.15, 0.2) is 5.69 Å². The zero-order valence-corrected chi connectivity index (χ0v) is 12.2. The summed E-state index contributed by atoms with van der Waals surface area (Å²) in [6.07, 6.45) is 2.56. The van der Waals surface area contributed by atoms with Gasteiger partial charge in [-0.3, -0.25) is 0 Å². The lowest BCUT2D eigenvalue weighted by Gasteiger charge is -2.07. The Morgan fingerprint density at radius 3 is 2.89 bits per heavy atom. The van der Waals surface area contributed by atoms with Crippen LogP contribution < -0.4 is 0 Å². The molecular formula is C13H10BrClN2O2. The molecule has 1 heterocycles. The molecular weight excluding hydrogens is 332 g/mol. The molecule has 0 saturated carbocycles. The molecule has 6 heteroatoms. The van der Waals surface area contributed by atoms with Gasteiger partial charge in [0.25, 0.3) is 0 Å². The van der Waals surface area contributed by atoms with Gasteiger partial charge in [0, 0.05) is 15.7 Å². The molecule has 1 aromatic carbocycles. The van der Waals surface area contributed by atoms with E-state index < -0.39 is 5.97 Å². The summed E-state index contributed by atoms with van der Waals surface area (Å²) in [5, 5.41) is 14.0. The Bertz CT molecular complexity index is 682. The van der Waals surface area contributed by atoms with Gasteiger partial charge in [-0.1, -0.05) is 27.5 Å². The van der Waals surface area contributed by atoms with Gasteiger partial charge < -0.3 is 5.11 Å². The summed E-state index contributed by atoms with van der Waals surface area (Å²) in [4.78, 5) is 11.2. The van der Waals surface area contributed by atoms with Crippen molar-refractivity contribution < 1.29 is 9.90 Å². The second-order valence-corrected chi connectivity index (χ2v) is 5.76. The van der Waals surface area contributed by atoms with Gasteiger partial charge in [-0.15, -0.1) is 0 Å². The van der Waals surface area contributed by atoms with Crippen LogP contribution in [-0.2, 0) is 12.8 Å². The molecule has 98 valence electrons. The molecule has 0 spiro atoms. The molecule has 1 aliphatic carbocycles. The van der Waals surface area contributed by atoms with Crippen LogP contribution in [0.4, 0.5) is 0 Å². The molecule has 1 N–H and O–H groups in total. The standard InChI is InChI=1S/C13H10BrClN2O2/c14-7-4-5-11(9(15)6-7)17-10-3-1-2-8(10)12(16-17)13(18)19/h4-6H,1-3H2,(H,18,19). The van der Waals surface area contributed by atoms with Gasteiger partial charge >= 0.3 is 5.97 Å². The summed E-state index contributed by atoms with van der Waals surface area (Å²) in [5.41, 5.74) is 2.66. The van der Waals surface area contributed by atoms with Crippen molar-refractivity contribution in [3.63, 3.8) is 0 Å². The van der Waals surface area contributed by atoms with E-state index in [0.29, 0.717) is 5.02 Å². The van der Waals surface area contributed by atoms with Crippen molar-refractivity contribution in [2.24, 2.45) is 0 Å². The van der Waals surface area contributed by atoms with Crippen molar-refractivity contribution in [3.8, 4) is 5.69 Å². The van der Waals surface area contributed by atoms with E-state index >= 15 is 0 Å². The van der Waals surface area contributed by atoms with E-state index in [4.69, 9.17) is 11.6 Å². The monoisotopic (exact) mass is 340 g/mol. The summed E-state index contributed by atoms with van der Waals surface area (Å²) in [7, 11) is 0. The number of hydrogen-bond acceptors (Lipinski definition) is 2. The molecule has 0 radical (unpaired) electrons. The smallest absolute Gasteiger partial charge is 0.356 e. The normalized spacial score (nSPS) is 13.6. The van der Waals surface area contributed by atoms with Crippen LogP contribution in [0.25, 0.3) is 5.69 Å². The Kier molecular flexibility index (Phi) is 3.11. The van der Waals surface area contributed by atoms with Gasteiger partial charge in [-0.05, 0) is 37.5 Å². The van der Waals surface area contributed by atoms with E-state index in [0.717, 1.165) is 40.7 Å². The zero-order chi connectivity index (χ0) is 13.6. The van der Waals surface area contributed by atoms with Gasteiger partial charge in [-0.2, -0.15) is 5.10 Å². The van der Waals surface area contributed by atoms with Gasteiger partial charge in [-0.25, -0.2) is 9.48 Å². The molecule has 0 atom stereocenters. The van der Waals surface area contributed by atoms with Crippen molar-refractivity contribution in [2.75, 3.05) is 0 Å². The van der Waals surface area contributed by atoms with E-state index in [1.54, 1.807) is 10.7 Å². The van der Waals surface area contributed by atoms with Crippen LogP contribution in [0.2, 0.25) is 5.02 Å². The number of aromatic nitrogens is 2. The molecule has 19 heavy (non-hydrogen) atoms. The Morgan fingerprint density at radius 2 is 2.21 bits per heavy atom. The van der Waals surface area contributed by atoms with E-state index in [9.17, 15) is 9.90 Å². The third kappa shape index (κ3) is 2.07. The maximum absolute atomic E-state index is 11.2. The summed E-state index contributed by atoms with van der Waals surface area (Å²) < 4.78 is 2.55. The summed E-state index contributed by atoms with van der Waals surface area (Å²) in [6.45, 7) is 0. The maximum atomic E-state index is 11.2. The first-order chi connectivity index (χ1) is 9.08. The summed E-state index contributed by atoms with van der Waals surface area (Å²) in [5.74, 6) is -0.981. The number of carboxylic acids is 1. The number of rotatable bonds is 2. The SMILES string of the molecule is O=C(O)c1nn(-c2ccc(Br)cc2Cl)c2c1CCC2. The molecule has 0 saturated heterocycles. The van der Waals surface area contributed by atoms with Gasteiger partial charge in [0.05, 0.1) is 10.7 Å². The molecule has 0 bridgehead atoms. The second kappa shape index (κ2) is 4.65. The maximum Gasteiger partial charge on any atom is 0.356 e. The highest BCUT2D eigenvalue weighted by atomic mass is 79.9. The van der Waals surface area contributed by atoms with E-state index in [1.807, 2.05) is 12.1 Å². The lowest BCUT2D eigenvalue weighted by atomic mass is 10.2. The molecule has 4 nitrogen and oxygen atoms in total. The quantitative estimate of drug-likeness (QED) is 0.910. The third-order valence-electron chi connectivity index (χ3n) is 3.27. The number of carboxylic acid groups (broad SMARTS) is 1. The highest BCUT2D eigenvalue weighted by Crippen LogP contribution is 2.31. The average molecular weight is 342 g/mol. The summed E-state index contributed by atoms with van der Waals surface area (Å²) in [6, 6.07) is 5.48. The minimum absolute atomic E-state index is 0.145. The first-order valence-electron chi connectivity index (χ1n) is 5.87.